The summed E-state index contributed by atoms with van der Waals surface area (Å²) in [6, 6.07) is -0.0400. The minimum Gasteiger partial charge on any atom is -0.387 e. The molecule has 0 saturated carbocycles. The summed E-state index contributed by atoms with van der Waals surface area (Å²) >= 11 is 0. The van der Waals surface area contributed by atoms with Crippen LogP contribution < -0.4 is 11.1 Å². The zero-order valence-corrected chi connectivity index (χ0v) is 7.39. The van der Waals surface area contributed by atoms with E-state index in [2.05, 4.69) is 5.32 Å². The van der Waals surface area contributed by atoms with Crippen LogP contribution in [-0.4, -0.2) is 31.5 Å². The molecule has 0 aromatic heterocycles. The van der Waals surface area contributed by atoms with Crippen LogP contribution in [-0.2, 0) is 9.53 Å². The van der Waals surface area contributed by atoms with Crippen molar-refractivity contribution in [3.8, 4) is 0 Å². The fourth-order valence-electron chi connectivity index (χ4n) is 0.790. The summed E-state index contributed by atoms with van der Waals surface area (Å²) in [5.74, 6) is -0.371. The summed E-state index contributed by atoms with van der Waals surface area (Å²) < 4.78 is 4.81. The Labute approximate surface area is 71.8 Å². The Morgan fingerprint density at radius 1 is 1.75 bits per heavy atom. The Kier molecular flexibility index (Phi) is 5.03. The maximum atomic E-state index is 11.0. The number of hydrogen-bond acceptors (Lipinski definition) is 3. The van der Waals surface area contributed by atoms with Gasteiger partial charge in [0.15, 0.2) is 0 Å². The first-order valence-corrected chi connectivity index (χ1v) is 3.67. The van der Waals surface area contributed by atoms with Crippen molar-refractivity contribution in [3.05, 3.63) is 0 Å². The molecule has 4 N–H and O–H groups in total. The Hall–Kier alpha value is -1.10. The van der Waals surface area contributed by atoms with Crippen molar-refractivity contribution in [2.24, 2.45) is 5.73 Å². The first-order chi connectivity index (χ1) is 5.56. The van der Waals surface area contributed by atoms with Crippen molar-refractivity contribution in [2.45, 2.75) is 19.4 Å². The molecule has 0 unspecified atom stereocenters. The van der Waals surface area contributed by atoms with Crippen LogP contribution in [0.1, 0.15) is 13.3 Å². The van der Waals surface area contributed by atoms with E-state index in [0.717, 1.165) is 0 Å². The number of amidine groups is 1. The van der Waals surface area contributed by atoms with Crippen LogP contribution in [0.2, 0.25) is 0 Å². The number of carbonyl (C=O) groups is 1. The van der Waals surface area contributed by atoms with E-state index in [1.807, 2.05) is 6.92 Å². The molecule has 0 aromatic rings. The molecule has 1 amide bonds. The van der Waals surface area contributed by atoms with Crippen LogP contribution in [0.3, 0.4) is 0 Å². The highest BCUT2D eigenvalue weighted by molar-refractivity contribution is 5.97. The van der Waals surface area contributed by atoms with Crippen molar-refractivity contribution >= 4 is 11.7 Å². The monoisotopic (exact) mass is 173 g/mol. The van der Waals surface area contributed by atoms with Gasteiger partial charge in [-0.25, -0.2) is 0 Å². The van der Waals surface area contributed by atoms with Gasteiger partial charge in [-0.1, -0.05) is 0 Å². The van der Waals surface area contributed by atoms with Crippen molar-refractivity contribution < 1.29 is 9.53 Å². The van der Waals surface area contributed by atoms with Crippen LogP contribution in [0, 0.1) is 5.41 Å². The summed E-state index contributed by atoms with van der Waals surface area (Å²) in [5.41, 5.74) is 5.03. The zero-order chi connectivity index (χ0) is 9.56. The van der Waals surface area contributed by atoms with Gasteiger partial charge in [0.1, 0.15) is 0 Å². The Bertz CT molecular complexity index is 170. The summed E-state index contributed by atoms with van der Waals surface area (Å²) in [5, 5.41) is 9.48. The molecular formula is C7H15N3O2. The number of nitrogens with two attached hydrogens (primary N) is 1. The van der Waals surface area contributed by atoms with E-state index in [0.29, 0.717) is 6.61 Å². The number of methoxy groups -OCH3 is 1. The van der Waals surface area contributed by atoms with Gasteiger partial charge in [-0.3, -0.25) is 10.2 Å². The maximum Gasteiger partial charge on any atom is 0.227 e. The molecule has 0 aromatic carbocycles. The normalized spacial score (nSPS) is 12.2. The first kappa shape index (κ1) is 10.9. The van der Waals surface area contributed by atoms with E-state index in [1.165, 1.54) is 0 Å². The minimum absolute atomic E-state index is 0.0400. The Balaban J connectivity index is 3.61. The quantitative estimate of drug-likeness (QED) is 0.385. The molecule has 0 aliphatic heterocycles. The molecule has 12 heavy (non-hydrogen) atoms. The third kappa shape index (κ3) is 5.67. The molecule has 5 nitrogen and oxygen atoms in total. The zero-order valence-electron chi connectivity index (χ0n) is 7.39. The molecule has 0 heterocycles. The lowest BCUT2D eigenvalue weighted by molar-refractivity contribution is -0.120. The number of carbonyl (C=O) groups excluding carboxylic acids is 1. The van der Waals surface area contributed by atoms with Gasteiger partial charge in [0.25, 0.3) is 0 Å². The van der Waals surface area contributed by atoms with E-state index in [1.54, 1.807) is 7.11 Å². The van der Waals surface area contributed by atoms with Gasteiger partial charge in [0, 0.05) is 13.2 Å². The van der Waals surface area contributed by atoms with Gasteiger partial charge < -0.3 is 15.8 Å². The predicted molar refractivity (Wildman–Crippen MR) is 46.0 cm³/mol. The smallest absolute Gasteiger partial charge is 0.227 e. The predicted octanol–water partition coefficient (Wildman–Crippen LogP) is -0.536. The van der Waals surface area contributed by atoms with E-state index in [-0.39, 0.29) is 24.2 Å². The fraction of sp³-hybridized carbons (Fsp3) is 0.714. The highest BCUT2D eigenvalue weighted by Crippen LogP contribution is 1.85. The summed E-state index contributed by atoms with van der Waals surface area (Å²) in [7, 11) is 1.56. The number of ether oxygens (including phenoxy) is 1. The number of rotatable bonds is 5. The second-order valence-electron chi connectivity index (χ2n) is 2.63. The molecule has 5 heteroatoms. The highest BCUT2D eigenvalue weighted by atomic mass is 16.5. The number of nitrogens with one attached hydrogen (secondary N) is 2. The molecule has 1 atom stereocenters. The summed E-state index contributed by atoms with van der Waals surface area (Å²) in [6.45, 7) is 2.28. The van der Waals surface area contributed by atoms with E-state index in [9.17, 15) is 4.79 Å². The Morgan fingerprint density at radius 3 is 2.75 bits per heavy atom. The lowest BCUT2D eigenvalue weighted by atomic mass is 10.3. The largest absolute Gasteiger partial charge is 0.387 e. The lowest BCUT2D eigenvalue weighted by Crippen LogP contribution is -2.37. The molecule has 0 saturated heterocycles. The third-order valence-electron chi connectivity index (χ3n) is 1.18. The second-order valence-corrected chi connectivity index (χ2v) is 2.63. The van der Waals surface area contributed by atoms with Gasteiger partial charge in [0.05, 0.1) is 18.9 Å². The fourth-order valence-corrected chi connectivity index (χ4v) is 0.790. The first-order valence-electron chi connectivity index (χ1n) is 3.67. The van der Waals surface area contributed by atoms with Crippen LogP contribution >= 0.6 is 0 Å². The third-order valence-corrected chi connectivity index (χ3v) is 1.18. The molecule has 0 rings (SSSR count). The van der Waals surface area contributed by atoms with E-state index < -0.39 is 0 Å². The van der Waals surface area contributed by atoms with Crippen molar-refractivity contribution in [1.29, 1.82) is 5.41 Å². The summed E-state index contributed by atoms with van der Waals surface area (Å²) in [4.78, 5) is 11.0. The lowest BCUT2D eigenvalue weighted by Gasteiger charge is -2.11. The molecule has 0 spiro atoms. The second kappa shape index (κ2) is 5.54. The average molecular weight is 173 g/mol. The molecule has 70 valence electrons. The number of amides is 1. The van der Waals surface area contributed by atoms with Crippen LogP contribution in [0.4, 0.5) is 0 Å². The van der Waals surface area contributed by atoms with Crippen molar-refractivity contribution in [1.82, 2.24) is 5.32 Å². The molecular weight excluding hydrogens is 158 g/mol. The molecule has 0 radical (unpaired) electrons. The van der Waals surface area contributed by atoms with Gasteiger partial charge in [-0.2, -0.15) is 0 Å². The SMILES string of the molecule is COC[C@@H](C)NC(=O)CC(=N)N. The van der Waals surface area contributed by atoms with Gasteiger partial charge in [-0.05, 0) is 6.92 Å². The molecule has 0 bridgehead atoms. The van der Waals surface area contributed by atoms with Crippen LogP contribution in [0.25, 0.3) is 0 Å². The summed E-state index contributed by atoms with van der Waals surface area (Å²) in [6.07, 6.45) is -0.0476. The van der Waals surface area contributed by atoms with Gasteiger partial charge >= 0.3 is 0 Å². The van der Waals surface area contributed by atoms with Gasteiger partial charge in [-0.15, -0.1) is 0 Å². The van der Waals surface area contributed by atoms with Crippen molar-refractivity contribution in [2.75, 3.05) is 13.7 Å². The Morgan fingerprint density at radius 2 is 2.33 bits per heavy atom. The van der Waals surface area contributed by atoms with Crippen LogP contribution in [0.15, 0.2) is 0 Å². The standard InChI is InChI=1S/C7H15N3O2/c1-5(4-12-2)10-7(11)3-6(8)9/h5H,3-4H2,1-2H3,(H3,8,9)(H,10,11)/t5-/m1/s1. The van der Waals surface area contributed by atoms with Crippen molar-refractivity contribution in [3.63, 3.8) is 0 Å². The van der Waals surface area contributed by atoms with E-state index in [4.69, 9.17) is 15.9 Å². The number of hydrogen-bond donors (Lipinski definition) is 3. The van der Waals surface area contributed by atoms with E-state index >= 15 is 0 Å². The van der Waals surface area contributed by atoms with Gasteiger partial charge in [0.2, 0.25) is 5.91 Å². The maximum absolute atomic E-state index is 11.0. The highest BCUT2D eigenvalue weighted by Gasteiger charge is 2.07. The molecule has 0 aliphatic carbocycles. The minimum atomic E-state index is -0.243. The molecule has 0 fully saturated rings. The topological polar surface area (TPSA) is 88.2 Å². The molecule has 0 aliphatic rings. The van der Waals surface area contributed by atoms with Crippen LogP contribution in [0.5, 0.6) is 0 Å². The average Bonchev–Trinajstić information content (AvgIpc) is 1.84.